The molecule has 2 saturated heterocycles. The number of imide groups is 1. The van der Waals surface area contributed by atoms with Crippen LogP contribution in [-0.2, 0) is 16.1 Å². The highest BCUT2D eigenvalue weighted by molar-refractivity contribution is 6.24. The number of urea groups is 1. The van der Waals surface area contributed by atoms with Crippen LogP contribution in [0.1, 0.15) is 28.9 Å². The zero-order valence-electron chi connectivity index (χ0n) is 19.0. The van der Waals surface area contributed by atoms with Crippen molar-refractivity contribution in [2.24, 2.45) is 0 Å². The summed E-state index contributed by atoms with van der Waals surface area (Å²) in [4.78, 5) is 45.6. The van der Waals surface area contributed by atoms with Crippen molar-refractivity contribution in [3.05, 3.63) is 53.9 Å². The van der Waals surface area contributed by atoms with E-state index in [4.69, 9.17) is 4.74 Å². The molecule has 3 heterocycles. The van der Waals surface area contributed by atoms with E-state index in [2.05, 4.69) is 15.1 Å². The Morgan fingerprint density at radius 1 is 1.11 bits per heavy atom. The van der Waals surface area contributed by atoms with Crippen LogP contribution in [0.4, 0.5) is 23.7 Å². The number of rotatable bonds is 6. The van der Waals surface area contributed by atoms with Gasteiger partial charge in [0.1, 0.15) is 17.0 Å². The normalized spacial score (nSPS) is 19.6. The van der Waals surface area contributed by atoms with E-state index in [-0.39, 0.29) is 17.9 Å². The number of pyridine rings is 1. The number of halogens is 3. The Labute approximate surface area is 203 Å². The molecule has 1 saturated carbocycles. The zero-order chi connectivity index (χ0) is 25.5. The summed E-state index contributed by atoms with van der Waals surface area (Å²) < 4.78 is 46.5. The smallest absolute Gasteiger partial charge is 0.406 e. The number of carbonyl (C=O) groups is 3. The standard InChI is InChI=1S/C23H22F3N5O5/c24-23(25,26)36-17-3-1-16(2-4-17)31-20(33)22(6-7-22)30(21(31)34)14-15-5-8-27-18(13-15)19(32)28-29-9-11-35-12-10-29/h1-5,8,13H,6-7,9-12,14H2,(H,28,32). The molecule has 1 spiro atoms. The van der Waals surface area contributed by atoms with E-state index in [1.165, 1.54) is 23.2 Å². The summed E-state index contributed by atoms with van der Waals surface area (Å²) in [6.45, 7) is 2.19. The van der Waals surface area contributed by atoms with Gasteiger partial charge >= 0.3 is 12.4 Å². The third-order valence-electron chi connectivity index (χ3n) is 6.26. The highest BCUT2D eigenvalue weighted by Crippen LogP contribution is 2.49. The van der Waals surface area contributed by atoms with Gasteiger partial charge in [0.25, 0.3) is 11.8 Å². The summed E-state index contributed by atoms with van der Waals surface area (Å²) in [6.07, 6.45) is -2.45. The van der Waals surface area contributed by atoms with Crippen LogP contribution in [-0.4, -0.2) is 70.9 Å². The number of benzene rings is 1. The third-order valence-corrected chi connectivity index (χ3v) is 6.26. The second kappa shape index (κ2) is 9.06. The number of hydrazine groups is 1. The first-order valence-electron chi connectivity index (χ1n) is 11.3. The molecular weight excluding hydrogens is 483 g/mol. The molecule has 10 nitrogen and oxygen atoms in total. The maximum absolute atomic E-state index is 13.3. The minimum Gasteiger partial charge on any atom is -0.406 e. The number of nitrogens with zero attached hydrogens (tertiary/aromatic N) is 4. The average molecular weight is 505 g/mol. The number of nitrogens with one attached hydrogen (secondary N) is 1. The largest absolute Gasteiger partial charge is 0.573 e. The Kier molecular flexibility index (Phi) is 6.04. The van der Waals surface area contributed by atoms with E-state index in [0.717, 1.165) is 17.0 Å². The number of anilines is 1. The quantitative estimate of drug-likeness (QED) is 0.602. The predicted octanol–water partition coefficient (Wildman–Crippen LogP) is 2.46. The first-order valence-corrected chi connectivity index (χ1v) is 11.3. The zero-order valence-corrected chi connectivity index (χ0v) is 19.0. The lowest BCUT2D eigenvalue weighted by Crippen LogP contribution is -2.48. The molecule has 1 aromatic heterocycles. The van der Waals surface area contributed by atoms with Crippen molar-refractivity contribution in [2.75, 3.05) is 31.2 Å². The predicted molar refractivity (Wildman–Crippen MR) is 118 cm³/mol. The molecule has 0 atom stereocenters. The van der Waals surface area contributed by atoms with E-state index in [0.29, 0.717) is 44.7 Å². The van der Waals surface area contributed by atoms with Gasteiger partial charge in [0.15, 0.2) is 0 Å². The van der Waals surface area contributed by atoms with Crippen molar-refractivity contribution in [3.8, 4) is 5.75 Å². The number of alkyl halides is 3. The SMILES string of the molecule is O=C(NN1CCOCC1)c1cc(CN2C(=O)N(c3ccc(OC(F)(F)F)cc3)C(=O)C23CC3)ccn1. The van der Waals surface area contributed by atoms with Gasteiger partial charge in [0, 0.05) is 25.8 Å². The molecule has 1 aliphatic carbocycles. The number of ether oxygens (including phenoxy) is 2. The van der Waals surface area contributed by atoms with Crippen LogP contribution in [0.2, 0.25) is 0 Å². The fraction of sp³-hybridized carbons (Fsp3) is 0.391. The van der Waals surface area contributed by atoms with Gasteiger partial charge in [-0.3, -0.25) is 20.0 Å². The fourth-order valence-corrected chi connectivity index (χ4v) is 4.32. The second-order valence-corrected chi connectivity index (χ2v) is 8.67. The molecule has 0 unspecified atom stereocenters. The molecule has 190 valence electrons. The number of amides is 4. The van der Waals surface area contributed by atoms with Gasteiger partial charge in [-0.25, -0.2) is 14.7 Å². The van der Waals surface area contributed by atoms with Crippen LogP contribution in [0.5, 0.6) is 5.75 Å². The molecule has 4 amide bonds. The molecule has 36 heavy (non-hydrogen) atoms. The fourth-order valence-electron chi connectivity index (χ4n) is 4.32. The van der Waals surface area contributed by atoms with E-state index >= 15 is 0 Å². The van der Waals surface area contributed by atoms with Crippen molar-refractivity contribution < 1.29 is 37.0 Å². The summed E-state index contributed by atoms with van der Waals surface area (Å²) in [5, 5.41) is 1.74. The number of aromatic nitrogens is 1. The van der Waals surface area contributed by atoms with Crippen LogP contribution < -0.4 is 15.1 Å². The van der Waals surface area contributed by atoms with Gasteiger partial charge in [0.2, 0.25) is 0 Å². The van der Waals surface area contributed by atoms with Crippen LogP contribution in [0, 0.1) is 0 Å². The molecule has 13 heteroatoms. The number of morpholine rings is 1. The van der Waals surface area contributed by atoms with Gasteiger partial charge in [-0.2, -0.15) is 0 Å². The lowest BCUT2D eigenvalue weighted by Gasteiger charge is -2.26. The minimum atomic E-state index is -4.85. The monoisotopic (exact) mass is 505 g/mol. The molecule has 2 aliphatic heterocycles. The average Bonchev–Trinajstić information content (AvgIpc) is 3.62. The van der Waals surface area contributed by atoms with Crippen molar-refractivity contribution in [2.45, 2.75) is 31.3 Å². The molecule has 2 aromatic rings. The van der Waals surface area contributed by atoms with Crippen molar-refractivity contribution >= 4 is 23.5 Å². The molecule has 3 fully saturated rings. The van der Waals surface area contributed by atoms with Gasteiger partial charge in [0.05, 0.1) is 18.9 Å². The Bertz CT molecular complexity index is 1180. The molecule has 0 bridgehead atoms. The summed E-state index contributed by atoms with van der Waals surface area (Å²) in [5.41, 5.74) is 2.70. The molecular formula is C23H22F3N5O5. The number of hydrogen-bond donors (Lipinski definition) is 1. The van der Waals surface area contributed by atoms with E-state index < -0.39 is 35.5 Å². The van der Waals surface area contributed by atoms with Crippen LogP contribution in [0.3, 0.4) is 0 Å². The lowest BCUT2D eigenvalue weighted by atomic mass is 10.1. The summed E-state index contributed by atoms with van der Waals surface area (Å²) in [6, 6.07) is 7.20. The first kappa shape index (κ1) is 24.0. The van der Waals surface area contributed by atoms with Crippen molar-refractivity contribution in [3.63, 3.8) is 0 Å². The molecule has 5 rings (SSSR count). The Balaban J connectivity index is 1.31. The van der Waals surface area contributed by atoms with Crippen LogP contribution >= 0.6 is 0 Å². The second-order valence-electron chi connectivity index (χ2n) is 8.67. The van der Waals surface area contributed by atoms with Crippen LogP contribution in [0.25, 0.3) is 0 Å². The van der Waals surface area contributed by atoms with Crippen LogP contribution in [0.15, 0.2) is 42.6 Å². The maximum Gasteiger partial charge on any atom is 0.573 e. The van der Waals surface area contributed by atoms with Gasteiger partial charge in [-0.05, 0) is 54.8 Å². The van der Waals surface area contributed by atoms with Gasteiger partial charge in [-0.15, -0.1) is 13.2 Å². The third kappa shape index (κ3) is 4.71. The topological polar surface area (TPSA) is 104 Å². The Hall–Kier alpha value is -3.71. The van der Waals surface area contributed by atoms with E-state index in [1.807, 2.05) is 0 Å². The summed E-state index contributed by atoms with van der Waals surface area (Å²) >= 11 is 0. The van der Waals surface area contributed by atoms with Crippen molar-refractivity contribution in [1.82, 2.24) is 20.3 Å². The van der Waals surface area contributed by atoms with Gasteiger partial charge in [-0.1, -0.05) is 0 Å². The first-order chi connectivity index (χ1) is 17.2. The lowest BCUT2D eigenvalue weighted by molar-refractivity contribution is -0.274. The Morgan fingerprint density at radius 3 is 2.44 bits per heavy atom. The molecule has 1 N–H and O–H groups in total. The highest BCUT2D eigenvalue weighted by Gasteiger charge is 2.65. The van der Waals surface area contributed by atoms with E-state index in [9.17, 15) is 27.6 Å². The maximum atomic E-state index is 13.3. The van der Waals surface area contributed by atoms with E-state index in [1.54, 1.807) is 17.1 Å². The molecule has 3 aliphatic rings. The Morgan fingerprint density at radius 2 is 1.81 bits per heavy atom. The minimum absolute atomic E-state index is 0.0662. The number of hydrogen-bond acceptors (Lipinski definition) is 7. The molecule has 1 aromatic carbocycles. The van der Waals surface area contributed by atoms with Crippen molar-refractivity contribution in [1.29, 1.82) is 0 Å². The summed E-state index contributed by atoms with van der Waals surface area (Å²) in [5.74, 6) is -1.29. The highest BCUT2D eigenvalue weighted by atomic mass is 19.4. The van der Waals surface area contributed by atoms with Gasteiger partial charge < -0.3 is 14.4 Å². The summed E-state index contributed by atoms with van der Waals surface area (Å²) in [7, 11) is 0. The number of carbonyl (C=O) groups excluding carboxylic acids is 3. The molecule has 0 radical (unpaired) electrons.